The van der Waals surface area contributed by atoms with Crippen LogP contribution >= 0.6 is 0 Å². The molecule has 94 valence electrons. The third kappa shape index (κ3) is 3.42. The molecule has 0 spiro atoms. The number of hydrogen-bond acceptors (Lipinski definition) is 2. The van der Waals surface area contributed by atoms with Crippen molar-refractivity contribution in [1.29, 1.82) is 0 Å². The molecule has 17 heavy (non-hydrogen) atoms. The SMILES string of the molecule is NC(CC(=O)O)c1ccc(F)c(C(F)(F)F)c1. The highest BCUT2D eigenvalue weighted by atomic mass is 19.4. The van der Waals surface area contributed by atoms with Gasteiger partial charge in [0.25, 0.3) is 0 Å². The van der Waals surface area contributed by atoms with Gasteiger partial charge in [-0.2, -0.15) is 13.2 Å². The largest absolute Gasteiger partial charge is 0.481 e. The molecule has 0 radical (unpaired) electrons. The molecule has 3 nitrogen and oxygen atoms in total. The summed E-state index contributed by atoms with van der Waals surface area (Å²) in [4.78, 5) is 10.4. The van der Waals surface area contributed by atoms with Crippen LogP contribution in [0, 0.1) is 5.82 Å². The lowest BCUT2D eigenvalue weighted by Gasteiger charge is -2.13. The first kappa shape index (κ1) is 13.4. The van der Waals surface area contributed by atoms with Crippen LogP contribution in [0.25, 0.3) is 0 Å². The topological polar surface area (TPSA) is 63.3 Å². The van der Waals surface area contributed by atoms with E-state index in [1.54, 1.807) is 0 Å². The summed E-state index contributed by atoms with van der Waals surface area (Å²) in [7, 11) is 0. The Bertz CT molecular complexity index is 431. The second-order valence-corrected chi connectivity index (χ2v) is 3.44. The minimum Gasteiger partial charge on any atom is -0.481 e. The second kappa shape index (κ2) is 4.70. The number of carboxylic acids is 1. The smallest absolute Gasteiger partial charge is 0.419 e. The zero-order valence-corrected chi connectivity index (χ0v) is 8.46. The van der Waals surface area contributed by atoms with Gasteiger partial charge in [0.15, 0.2) is 0 Å². The predicted molar refractivity (Wildman–Crippen MR) is 50.6 cm³/mol. The minimum absolute atomic E-state index is 0.0684. The highest BCUT2D eigenvalue weighted by molar-refractivity contribution is 5.67. The normalized spacial score (nSPS) is 13.5. The number of rotatable bonds is 3. The van der Waals surface area contributed by atoms with Gasteiger partial charge in [-0.05, 0) is 17.7 Å². The average molecular weight is 251 g/mol. The predicted octanol–water partition coefficient (Wildman–Crippen LogP) is 2.32. The number of carboxylic acid groups (broad SMARTS) is 1. The van der Waals surface area contributed by atoms with E-state index in [0.717, 1.165) is 6.07 Å². The molecule has 1 aromatic rings. The number of halogens is 4. The van der Waals surface area contributed by atoms with E-state index in [4.69, 9.17) is 10.8 Å². The molecule has 0 saturated carbocycles. The van der Waals surface area contributed by atoms with Crippen molar-refractivity contribution in [3.8, 4) is 0 Å². The average Bonchev–Trinajstić information content (AvgIpc) is 2.15. The van der Waals surface area contributed by atoms with Gasteiger partial charge in [0.1, 0.15) is 5.82 Å². The maximum absolute atomic E-state index is 12.9. The first-order valence-corrected chi connectivity index (χ1v) is 4.56. The summed E-state index contributed by atoms with van der Waals surface area (Å²) in [6.45, 7) is 0. The first-order valence-electron chi connectivity index (χ1n) is 4.56. The second-order valence-electron chi connectivity index (χ2n) is 3.44. The number of benzene rings is 1. The van der Waals surface area contributed by atoms with Crippen molar-refractivity contribution in [2.45, 2.75) is 18.6 Å². The number of alkyl halides is 3. The summed E-state index contributed by atoms with van der Waals surface area (Å²) in [6, 6.07) is 1.09. The van der Waals surface area contributed by atoms with E-state index in [1.807, 2.05) is 0 Å². The van der Waals surface area contributed by atoms with Crippen LogP contribution in [0.4, 0.5) is 17.6 Å². The lowest BCUT2D eigenvalue weighted by Crippen LogP contribution is -2.17. The van der Waals surface area contributed by atoms with Crippen LogP contribution in [0.5, 0.6) is 0 Å². The van der Waals surface area contributed by atoms with Crippen molar-refractivity contribution >= 4 is 5.97 Å². The lowest BCUT2D eigenvalue weighted by molar-refractivity contribution is -0.140. The Morgan fingerprint density at radius 2 is 2.00 bits per heavy atom. The number of carbonyl (C=O) groups is 1. The maximum Gasteiger partial charge on any atom is 0.419 e. The Balaban J connectivity index is 3.08. The van der Waals surface area contributed by atoms with Gasteiger partial charge < -0.3 is 10.8 Å². The molecule has 1 atom stereocenters. The van der Waals surface area contributed by atoms with E-state index in [9.17, 15) is 22.4 Å². The fourth-order valence-electron chi connectivity index (χ4n) is 1.30. The molecule has 3 N–H and O–H groups in total. The fourth-order valence-corrected chi connectivity index (χ4v) is 1.30. The van der Waals surface area contributed by atoms with Gasteiger partial charge in [0.2, 0.25) is 0 Å². The van der Waals surface area contributed by atoms with Gasteiger partial charge in [-0.25, -0.2) is 4.39 Å². The minimum atomic E-state index is -4.83. The van der Waals surface area contributed by atoms with Crippen LogP contribution in [-0.4, -0.2) is 11.1 Å². The van der Waals surface area contributed by atoms with Gasteiger partial charge in [0.05, 0.1) is 12.0 Å². The molecule has 7 heteroatoms. The van der Waals surface area contributed by atoms with E-state index in [0.29, 0.717) is 12.1 Å². The Kier molecular flexibility index (Phi) is 3.72. The van der Waals surface area contributed by atoms with Crippen molar-refractivity contribution in [2.75, 3.05) is 0 Å². The molecule has 1 aromatic carbocycles. The molecule has 0 aliphatic rings. The summed E-state index contributed by atoms with van der Waals surface area (Å²) in [5.41, 5.74) is 3.87. The summed E-state index contributed by atoms with van der Waals surface area (Å²) in [6.07, 6.45) is -5.36. The van der Waals surface area contributed by atoms with E-state index < -0.39 is 36.0 Å². The van der Waals surface area contributed by atoms with E-state index in [-0.39, 0.29) is 5.56 Å². The molecule has 0 heterocycles. The van der Waals surface area contributed by atoms with Crippen molar-refractivity contribution in [3.63, 3.8) is 0 Å². The quantitative estimate of drug-likeness (QED) is 0.810. The van der Waals surface area contributed by atoms with Crippen LogP contribution in [0.1, 0.15) is 23.6 Å². The van der Waals surface area contributed by atoms with E-state index in [2.05, 4.69) is 0 Å². The van der Waals surface area contributed by atoms with Crippen LogP contribution in [-0.2, 0) is 11.0 Å². The maximum atomic E-state index is 12.9. The van der Waals surface area contributed by atoms with Crippen LogP contribution in [0.15, 0.2) is 18.2 Å². The van der Waals surface area contributed by atoms with Crippen LogP contribution < -0.4 is 5.73 Å². The highest BCUT2D eigenvalue weighted by Crippen LogP contribution is 2.33. The van der Waals surface area contributed by atoms with Crippen molar-refractivity contribution in [1.82, 2.24) is 0 Å². The first-order chi connectivity index (χ1) is 7.71. The molecule has 0 fully saturated rings. The van der Waals surface area contributed by atoms with Gasteiger partial charge in [-0.15, -0.1) is 0 Å². The summed E-state index contributed by atoms with van der Waals surface area (Å²) in [5.74, 6) is -2.65. The van der Waals surface area contributed by atoms with Crippen LogP contribution in [0.2, 0.25) is 0 Å². The molecule has 0 aliphatic carbocycles. The van der Waals surface area contributed by atoms with Crippen molar-refractivity contribution in [2.24, 2.45) is 5.73 Å². The lowest BCUT2D eigenvalue weighted by atomic mass is 10.0. The summed E-state index contributed by atoms with van der Waals surface area (Å²) in [5, 5.41) is 8.45. The molecular weight excluding hydrogens is 242 g/mol. The molecule has 0 aliphatic heterocycles. The zero-order valence-electron chi connectivity index (χ0n) is 8.46. The molecule has 0 amide bonds. The molecule has 0 bridgehead atoms. The highest BCUT2D eigenvalue weighted by Gasteiger charge is 2.34. The van der Waals surface area contributed by atoms with Gasteiger partial charge in [-0.1, -0.05) is 6.07 Å². The Hall–Kier alpha value is -1.63. The van der Waals surface area contributed by atoms with Gasteiger partial charge >= 0.3 is 12.1 Å². The fraction of sp³-hybridized carbons (Fsp3) is 0.300. The Morgan fingerprint density at radius 1 is 1.41 bits per heavy atom. The standard InChI is InChI=1S/C10H9F4NO2/c11-7-2-1-5(8(15)4-9(16)17)3-6(7)10(12,13)14/h1-3,8H,4,15H2,(H,16,17). The summed E-state index contributed by atoms with van der Waals surface area (Å²) < 4.78 is 50.0. The molecule has 0 saturated heterocycles. The molecular formula is C10H9F4NO2. The van der Waals surface area contributed by atoms with Crippen molar-refractivity contribution < 1.29 is 27.5 Å². The van der Waals surface area contributed by atoms with E-state index >= 15 is 0 Å². The number of nitrogens with two attached hydrogens (primary N) is 1. The monoisotopic (exact) mass is 251 g/mol. The van der Waals surface area contributed by atoms with Crippen molar-refractivity contribution in [3.05, 3.63) is 35.1 Å². The number of hydrogen-bond donors (Lipinski definition) is 2. The van der Waals surface area contributed by atoms with Gasteiger partial charge in [-0.3, -0.25) is 4.79 Å². The summed E-state index contributed by atoms with van der Waals surface area (Å²) >= 11 is 0. The Labute approximate surface area is 93.8 Å². The Morgan fingerprint density at radius 3 is 2.47 bits per heavy atom. The molecule has 1 rings (SSSR count). The van der Waals surface area contributed by atoms with E-state index in [1.165, 1.54) is 0 Å². The third-order valence-corrected chi connectivity index (χ3v) is 2.12. The zero-order chi connectivity index (χ0) is 13.2. The molecule has 1 unspecified atom stereocenters. The third-order valence-electron chi connectivity index (χ3n) is 2.12. The van der Waals surface area contributed by atoms with Gasteiger partial charge in [0, 0.05) is 6.04 Å². The number of aliphatic carboxylic acids is 1. The van der Waals surface area contributed by atoms with Crippen LogP contribution in [0.3, 0.4) is 0 Å². The molecule has 0 aromatic heterocycles.